The number of unbranched alkanes of at least 4 members (excludes halogenated alkanes) is 2. The van der Waals surface area contributed by atoms with Gasteiger partial charge in [0.05, 0.1) is 19.5 Å². The van der Waals surface area contributed by atoms with E-state index in [1.54, 1.807) is 6.92 Å². The number of hydrogen-bond acceptors (Lipinski definition) is 3. The Morgan fingerprint density at radius 2 is 1.71 bits per heavy atom. The molecule has 0 saturated carbocycles. The molecule has 17 heavy (non-hydrogen) atoms. The molecule has 0 aliphatic heterocycles. The summed E-state index contributed by atoms with van der Waals surface area (Å²) in [5, 5.41) is 0. The van der Waals surface area contributed by atoms with Gasteiger partial charge in [-0.25, -0.2) is 4.79 Å². The van der Waals surface area contributed by atoms with E-state index in [0.29, 0.717) is 12.2 Å². The maximum absolute atomic E-state index is 10.7. The van der Waals surface area contributed by atoms with Gasteiger partial charge in [-0.1, -0.05) is 39.8 Å². The van der Waals surface area contributed by atoms with E-state index in [9.17, 15) is 4.79 Å². The van der Waals surface area contributed by atoms with Gasteiger partial charge in [-0.2, -0.15) is 0 Å². The highest BCUT2D eigenvalue weighted by molar-refractivity contribution is 5.86. The summed E-state index contributed by atoms with van der Waals surface area (Å²) in [7, 11) is 0. The third-order valence-electron chi connectivity index (χ3n) is 1.81. The van der Waals surface area contributed by atoms with E-state index in [4.69, 9.17) is 9.47 Å². The van der Waals surface area contributed by atoms with Crippen LogP contribution >= 0.6 is 0 Å². The van der Waals surface area contributed by atoms with Gasteiger partial charge >= 0.3 is 5.97 Å². The SMILES string of the molecule is C=C(C)C(=O)OCCCC.C=COCCCC. The molecule has 0 unspecified atom stereocenters. The van der Waals surface area contributed by atoms with Gasteiger partial charge in [0.25, 0.3) is 0 Å². The highest BCUT2D eigenvalue weighted by Gasteiger charge is 2.00. The highest BCUT2D eigenvalue weighted by Crippen LogP contribution is 1.94. The molecule has 0 amide bonds. The topological polar surface area (TPSA) is 35.5 Å². The van der Waals surface area contributed by atoms with E-state index in [2.05, 4.69) is 27.0 Å². The molecule has 0 spiro atoms. The van der Waals surface area contributed by atoms with Crippen LogP contribution in [-0.2, 0) is 14.3 Å². The summed E-state index contributed by atoms with van der Waals surface area (Å²) >= 11 is 0. The molecular weight excluding hydrogens is 216 g/mol. The summed E-state index contributed by atoms with van der Waals surface area (Å²) in [6, 6.07) is 0. The second-order valence-electron chi connectivity index (χ2n) is 3.66. The van der Waals surface area contributed by atoms with Gasteiger partial charge in [0, 0.05) is 5.57 Å². The third-order valence-corrected chi connectivity index (χ3v) is 1.81. The van der Waals surface area contributed by atoms with Crippen molar-refractivity contribution in [1.82, 2.24) is 0 Å². The minimum absolute atomic E-state index is 0.284. The zero-order valence-electron chi connectivity index (χ0n) is 11.5. The molecule has 3 heteroatoms. The van der Waals surface area contributed by atoms with Crippen molar-refractivity contribution < 1.29 is 14.3 Å². The summed E-state index contributed by atoms with van der Waals surface area (Å²) < 4.78 is 9.64. The van der Waals surface area contributed by atoms with Gasteiger partial charge in [0.1, 0.15) is 0 Å². The summed E-state index contributed by atoms with van der Waals surface area (Å²) in [5.41, 5.74) is 0.469. The normalized spacial score (nSPS) is 8.65. The molecule has 0 aromatic carbocycles. The fourth-order valence-corrected chi connectivity index (χ4v) is 0.743. The van der Waals surface area contributed by atoms with E-state index in [1.165, 1.54) is 12.7 Å². The first-order valence-electron chi connectivity index (χ1n) is 6.15. The largest absolute Gasteiger partial charge is 0.502 e. The van der Waals surface area contributed by atoms with Gasteiger partial charge in [-0.3, -0.25) is 0 Å². The lowest BCUT2D eigenvalue weighted by Gasteiger charge is -2.01. The van der Waals surface area contributed by atoms with Gasteiger partial charge in [0.2, 0.25) is 0 Å². The minimum atomic E-state index is -0.284. The third kappa shape index (κ3) is 17.4. The molecule has 0 atom stereocenters. The molecule has 0 heterocycles. The molecule has 0 aromatic heterocycles. The quantitative estimate of drug-likeness (QED) is 0.281. The van der Waals surface area contributed by atoms with Crippen molar-refractivity contribution in [3.8, 4) is 0 Å². The average molecular weight is 242 g/mol. The fourth-order valence-electron chi connectivity index (χ4n) is 0.743. The first-order valence-corrected chi connectivity index (χ1v) is 6.15. The number of carbonyl (C=O) groups is 1. The second kappa shape index (κ2) is 14.8. The van der Waals surface area contributed by atoms with Crippen LogP contribution in [0.1, 0.15) is 46.5 Å². The van der Waals surface area contributed by atoms with Crippen LogP contribution in [0, 0.1) is 0 Å². The molecular formula is C14H26O3. The first kappa shape index (κ1) is 18.1. The molecule has 0 fully saturated rings. The van der Waals surface area contributed by atoms with Gasteiger partial charge < -0.3 is 9.47 Å². The van der Waals surface area contributed by atoms with Gasteiger partial charge in [0.15, 0.2) is 0 Å². The second-order valence-corrected chi connectivity index (χ2v) is 3.66. The Hall–Kier alpha value is -1.25. The van der Waals surface area contributed by atoms with E-state index in [-0.39, 0.29) is 5.97 Å². The monoisotopic (exact) mass is 242 g/mol. The zero-order valence-corrected chi connectivity index (χ0v) is 11.5. The molecule has 0 aliphatic rings. The molecule has 0 radical (unpaired) electrons. The molecule has 0 saturated heterocycles. The lowest BCUT2D eigenvalue weighted by Crippen LogP contribution is -2.05. The lowest BCUT2D eigenvalue weighted by atomic mass is 10.3. The lowest BCUT2D eigenvalue weighted by molar-refractivity contribution is -0.139. The number of esters is 1. The summed E-state index contributed by atoms with van der Waals surface area (Å²) in [6.45, 7) is 14.0. The highest BCUT2D eigenvalue weighted by atomic mass is 16.5. The minimum Gasteiger partial charge on any atom is -0.502 e. The van der Waals surface area contributed by atoms with Crippen LogP contribution < -0.4 is 0 Å². The molecule has 3 nitrogen and oxygen atoms in total. The Labute approximate surface area is 105 Å². The summed E-state index contributed by atoms with van der Waals surface area (Å²) in [5.74, 6) is -0.284. The number of hydrogen-bond donors (Lipinski definition) is 0. The van der Waals surface area contributed by atoms with Crippen molar-refractivity contribution in [2.75, 3.05) is 13.2 Å². The first-order chi connectivity index (χ1) is 8.09. The maximum Gasteiger partial charge on any atom is 0.333 e. The Bertz CT molecular complexity index is 210. The Morgan fingerprint density at radius 3 is 2.12 bits per heavy atom. The van der Waals surface area contributed by atoms with Crippen molar-refractivity contribution in [1.29, 1.82) is 0 Å². The number of ether oxygens (including phenoxy) is 2. The molecule has 0 aromatic rings. The molecule has 0 aliphatic carbocycles. The predicted molar refractivity (Wildman–Crippen MR) is 71.7 cm³/mol. The van der Waals surface area contributed by atoms with Crippen LogP contribution in [0.4, 0.5) is 0 Å². The summed E-state index contributed by atoms with van der Waals surface area (Å²) in [6.07, 6.45) is 5.78. The average Bonchev–Trinajstić information content (AvgIpc) is 2.30. The standard InChI is InChI=1S/C8H14O2.C6H12O/c1-4-5-6-10-8(9)7(2)3;1-3-5-6-7-4-2/h2,4-6H2,1,3H3;4H,2-3,5-6H2,1H3. The van der Waals surface area contributed by atoms with Crippen LogP contribution in [0.5, 0.6) is 0 Å². The van der Waals surface area contributed by atoms with Crippen LogP contribution in [0.25, 0.3) is 0 Å². The van der Waals surface area contributed by atoms with Crippen molar-refractivity contribution in [2.24, 2.45) is 0 Å². The van der Waals surface area contributed by atoms with Crippen LogP contribution in [0.2, 0.25) is 0 Å². The van der Waals surface area contributed by atoms with Gasteiger partial charge in [-0.15, -0.1) is 0 Å². The molecule has 0 N–H and O–H groups in total. The Balaban J connectivity index is 0. The van der Waals surface area contributed by atoms with Crippen LogP contribution in [0.15, 0.2) is 25.0 Å². The van der Waals surface area contributed by atoms with E-state index >= 15 is 0 Å². The maximum atomic E-state index is 10.7. The van der Waals surface area contributed by atoms with Crippen molar-refractivity contribution >= 4 is 5.97 Å². The van der Waals surface area contributed by atoms with E-state index in [1.807, 2.05) is 0 Å². The van der Waals surface area contributed by atoms with Crippen molar-refractivity contribution in [3.63, 3.8) is 0 Å². The van der Waals surface area contributed by atoms with Crippen molar-refractivity contribution in [2.45, 2.75) is 46.5 Å². The Kier molecular flexibility index (Phi) is 15.7. The zero-order chi connectivity index (χ0) is 13.5. The smallest absolute Gasteiger partial charge is 0.333 e. The van der Waals surface area contributed by atoms with Crippen molar-refractivity contribution in [3.05, 3.63) is 25.0 Å². The fraction of sp³-hybridized carbons (Fsp3) is 0.643. The van der Waals surface area contributed by atoms with Crippen LogP contribution in [0.3, 0.4) is 0 Å². The van der Waals surface area contributed by atoms with E-state index in [0.717, 1.165) is 25.9 Å². The summed E-state index contributed by atoms with van der Waals surface area (Å²) in [4.78, 5) is 10.7. The molecule has 0 rings (SSSR count). The number of rotatable bonds is 8. The van der Waals surface area contributed by atoms with Gasteiger partial charge in [-0.05, 0) is 19.8 Å². The predicted octanol–water partition coefficient (Wildman–Crippen LogP) is 3.85. The molecule has 100 valence electrons. The number of carbonyl (C=O) groups excluding carboxylic acids is 1. The van der Waals surface area contributed by atoms with Crippen LogP contribution in [-0.4, -0.2) is 19.2 Å². The van der Waals surface area contributed by atoms with E-state index < -0.39 is 0 Å². The Morgan fingerprint density at radius 1 is 1.18 bits per heavy atom. The molecule has 0 bridgehead atoms.